The number of hydrogen-bond donors (Lipinski definition) is 0. The monoisotopic (exact) mass is 217 g/mol. The number of methoxy groups -OCH3 is 1. The van der Waals surface area contributed by atoms with Gasteiger partial charge < -0.3 is 4.74 Å². The van der Waals surface area contributed by atoms with Gasteiger partial charge in [0.2, 0.25) is 0 Å². The fourth-order valence-electron chi connectivity index (χ4n) is 1.43. The van der Waals surface area contributed by atoms with Gasteiger partial charge in [0.15, 0.2) is 5.78 Å². The Morgan fingerprint density at radius 1 is 1.31 bits per heavy atom. The molecule has 0 bridgehead atoms. The van der Waals surface area contributed by atoms with Crippen molar-refractivity contribution in [1.82, 2.24) is 0 Å². The molecule has 1 rings (SSSR count). The maximum absolute atomic E-state index is 11.8. The third-order valence-electron chi connectivity index (χ3n) is 2.43. The number of carbonyl (C=O) groups is 1. The molecule has 3 heteroatoms. The van der Waals surface area contributed by atoms with Crippen molar-refractivity contribution >= 4 is 5.78 Å². The van der Waals surface area contributed by atoms with Gasteiger partial charge in [-0.15, -0.1) is 0 Å². The SMILES string of the molecule is COc1ccc([C@H](C#N)C(=O)C(C)C)cc1. The molecule has 0 heterocycles. The zero-order valence-electron chi connectivity index (χ0n) is 9.73. The highest BCUT2D eigenvalue weighted by atomic mass is 16.5. The summed E-state index contributed by atoms with van der Waals surface area (Å²) in [6, 6.07) is 9.07. The van der Waals surface area contributed by atoms with Gasteiger partial charge in [-0.1, -0.05) is 26.0 Å². The number of benzene rings is 1. The summed E-state index contributed by atoms with van der Waals surface area (Å²) in [6.45, 7) is 3.60. The topological polar surface area (TPSA) is 50.1 Å². The van der Waals surface area contributed by atoms with E-state index < -0.39 is 5.92 Å². The van der Waals surface area contributed by atoms with Gasteiger partial charge >= 0.3 is 0 Å². The summed E-state index contributed by atoms with van der Waals surface area (Å²) in [5, 5.41) is 9.02. The minimum Gasteiger partial charge on any atom is -0.497 e. The summed E-state index contributed by atoms with van der Waals surface area (Å²) in [6.07, 6.45) is 0. The van der Waals surface area contributed by atoms with Crippen molar-refractivity contribution in [2.75, 3.05) is 7.11 Å². The maximum Gasteiger partial charge on any atom is 0.156 e. The van der Waals surface area contributed by atoms with Crippen LogP contribution in [-0.4, -0.2) is 12.9 Å². The molecule has 0 unspecified atom stereocenters. The van der Waals surface area contributed by atoms with Crippen LogP contribution in [0, 0.1) is 17.2 Å². The Morgan fingerprint density at radius 2 is 1.88 bits per heavy atom. The molecule has 0 spiro atoms. The summed E-state index contributed by atoms with van der Waals surface area (Å²) < 4.78 is 5.02. The van der Waals surface area contributed by atoms with Crippen molar-refractivity contribution in [3.63, 3.8) is 0 Å². The van der Waals surface area contributed by atoms with Gasteiger partial charge in [0.25, 0.3) is 0 Å². The lowest BCUT2D eigenvalue weighted by atomic mass is 9.90. The van der Waals surface area contributed by atoms with Gasteiger partial charge in [-0.3, -0.25) is 4.79 Å². The van der Waals surface area contributed by atoms with E-state index >= 15 is 0 Å². The third kappa shape index (κ3) is 2.60. The summed E-state index contributed by atoms with van der Waals surface area (Å²) in [5.41, 5.74) is 0.724. The number of ether oxygens (including phenoxy) is 1. The molecule has 84 valence electrons. The van der Waals surface area contributed by atoms with Crippen LogP contribution in [0.25, 0.3) is 0 Å². The normalized spacial score (nSPS) is 11.9. The van der Waals surface area contributed by atoms with E-state index in [0.29, 0.717) is 0 Å². The Balaban J connectivity index is 2.97. The largest absolute Gasteiger partial charge is 0.497 e. The number of hydrogen-bond acceptors (Lipinski definition) is 3. The second-order valence-corrected chi connectivity index (χ2v) is 3.89. The van der Waals surface area contributed by atoms with Crippen LogP contribution < -0.4 is 4.74 Å². The smallest absolute Gasteiger partial charge is 0.156 e. The van der Waals surface area contributed by atoms with E-state index in [9.17, 15) is 4.79 Å². The van der Waals surface area contributed by atoms with E-state index in [1.807, 2.05) is 6.07 Å². The lowest BCUT2D eigenvalue weighted by Gasteiger charge is -2.11. The van der Waals surface area contributed by atoms with Crippen LogP contribution in [0.2, 0.25) is 0 Å². The minimum absolute atomic E-state index is 0.0485. The molecule has 3 nitrogen and oxygen atoms in total. The van der Waals surface area contributed by atoms with E-state index in [1.54, 1.807) is 45.2 Å². The molecule has 1 atom stereocenters. The number of rotatable bonds is 4. The summed E-state index contributed by atoms with van der Waals surface area (Å²) in [5.74, 6) is -0.136. The van der Waals surface area contributed by atoms with Crippen LogP contribution >= 0.6 is 0 Å². The Bertz CT molecular complexity index is 401. The molecule has 0 saturated heterocycles. The van der Waals surface area contributed by atoms with Crippen molar-refractivity contribution in [3.8, 4) is 11.8 Å². The van der Waals surface area contributed by atoms with Crippen molar-refractivity contribution in [3.05, 3.63) is 29.8 Å². The van der Waals surface area contributed by atoms with Crippen molar-refractivity contribution in [2.45, 2.75) is 19.8 Å². The quantitative estimate of drug-likeness (QED) is 0.778. The van der Waals surface area contributed by atoms with Gasteiger partial charge in [0.1, 0.15) is 11.7 Å². The molecule has 0 N–H and O–H groups in total. The standard InChI is InChI=1S/C13H15NO2/c1-9(2)13(15)12(8-14)10-4-6-11(16-3)7-5-10/h4-7,9,12H,1-3H3/t12-/m0/s1. The first-order valence-corrected chi connectivity index (χ1v) is 5.17. The number of nitrogens with zero attached hydrogens (tertiary/aromatic N) is 1. The lowest BCUT2D eigenvalue weighted by molar-refractivity contribution is -0.122. The fourth-order valence-corrected chi connectivity index (χ4v) is 1.43. The second-order valence-electron chi connectivity index (χ2n) is 3.89. The molecule has 0 saturated carbocycles. The van der Waals surface area contributed by atoms with Gasteiger partial charge in [-0.2, -0.15) is 5.26 Å². The number of Topliss-reactive ketones (excluding diaryl/α,β-unsaturated/α-hetero) is 1. The predicted molar refractivity (Wildman–Crippen MR) is 61.2 cm³/mol. The number of carbonyl (C=O) groups excluding carboxylic acids is 1. The first-order chi connectivity index (χ1) is 7.60. The highest BCUT2D eigenvalue weighted by Crippen LogP contribution is 2.22. The molecule has 0 amide bonds. The Kier molecular flexibility index (Phi) is 4.07. The molecule has 1 aromatic rings. The van der Waals surface area contributed by atoms with Gasteiger partial charge in [0.05, 0.1) is 13.2 Å². The Labute approximate surface area is 95.7 Å². The Morgan fingerprint density at radius 3 is 2.25 bits per heavy atom. The van der Waals surface area contributed by atoms with E-state index in [-0.39, 0.29) is 11.7 Å². The maximum atomic E-state index is 11.8. The van der Waals surface area contributed by atoms with Gasteiger partial charge in [-0.05, 0) is 17.7 Å². The molecular formula is C13H15NO2. The van der Waals surface area contributed by atoms with Gasteiger partial charge in [-0.25, -0.2) is 0 Å². The van der Waals surface area contributed by atoms with E-state index in [4.69, 9.17) is 10.00 Å². The van der Waals surface area contributed by atoms with E-state index in [1.165, 1.54) is 0 Å². The predicted octanol–water partition coefficient (Wildman–Crippen LogP) is 2.53. The summed E-state index contributed by atoms with van der Waals surface area (Å²) in [7, 11) is 1.58. The van der Waals surface area contributed by atoms with Crippen LogP contribution in [0.4, 0.5) is 0 Å². The van der Waals surface area contributed by atoms with Gasteiger partial charge in [0, 0.05) is 5.92 Å². The van der Waals surface area contributed by atoms with Crippen LogP contribution in [0.1, 0.15) is 25.3 Å². The third-order valence-corrected chi connectivity index (χ3v) is 2.43. The zero-order chi connectivity index (χ0) is 12.1. The summed E-state index contributed by atoms with van der Waals surface area (Å²) in [4.78, 5) is 11.8. The molecular weight excluding hydrogens is 202 g/mol. The molecule has 0 fully saturated rings. The summed E-state index contributed by atoms with van der Waals surface area (Å²) >= 11 is 0. The molecule has 0 aliphatic carbocycles. The van der Waals surface area contributed by atoms with Crippen LogP contribution in [-0.2, 0) is 4.79 Å². The zero-order valence-corrected chi connectivity index (χ0v) is 9.73. The molecule has 16 heavy (non-hydrogen) atoms. The molecule has 0 aromatic heterocycles. The van der Waals surface area contributed by atoms with Crippen LogP contribution in [0.3, 0.4) is 0 Å². The second kappa shape index (κ2) is 5.32. The first-order valence-electron chi connectivity index (χ1n) is 5.17. The van der Waals surface area contributed by atoms with E-state index in [2.05, 4.69) is 0 Å². The molecule has 0 aliphatic rings. The highest BCUT2D eigenvalue weighted by Gasteiger charge is 2.22. The highest BCUT2D eigenvalue weighted by molar-refractivity contribution is 5.89. The number of nitriles is 1. The van der Waals surface area contributed by atoms with E-state index in [0.717, 1.165) is 11.3 Å². The minimum atomic E-state index is -0.675. The first kappa shape index (κ1) is 12.3. The Hall–Kier alpha value is -1.82. The van der Waals surface area contributed by atoms with Crippen LogP contribution in [0.5, 0.6) is 5.75 Å². The van der Waals surface area contributed by atoms with Crippen molar-refractivity contribution < 1.29 is 9.53 Å². The molecule has 1 aromatic carbocycles. The van der Waals surface area contributed by atoms with Crippen molar-refractivity contribution in [1.29, 1.82) is 5.26 Å². The average molecular weight is 217 g/mol. The lowest BCUT2D eigenvalue weighted by Crippen LogP contribution is -2.16. The van der Waals surface area contributed by atoms with Crippen molar-refractivity contribution in [2.24, 2.45) is 5.92 Å². The fraction of sp³-hybridized carbons (Fsp3) is 0.385. The van der Waals surface area contributed by atoms with Crippen LogP contribution in [0.15, 0.2) is 24.3 Å². The molecule has 0 aliphatic heterocycles. The molecule has 0 radical (unpaired) electrons. The average Bonchev–Trinajstić information content (AvgIpc) is 2.30. The number of ketones is 1.